The smallest absolute Gasteiger partial charge is 0.223 e. The van der Waals surface area contributed by atoms with Gasteiger partial charge in [-0.25, -0.2) is 0 Å². The second-order valence-corrected chi connectivity index (χ2v) is 5.99. The summed E-state index contributed by atoms with van der Waals surface area (Å²) in [5.41, 5.74) is 5.76. The van der Waals surface area contributed by atoms with Crippen LogP contribution in [0.4, 0.5) is 0 Å². The van der Waals surface area contributed by atoms with E-state index in [4.69, 9.17) is 5.73 Å². The Hall–Kier alpha value is -0.570. The molecule has 0 bridgehead atoms. The first-order valence-corrected chi connectivity index (χ1v) is 6.43. The number of hydrogen-bond acceptors (Lipinski definition) is 2. The molecule has 0 heterocycles. The highest BCUT2D eigenvalue weighted by atomic mass is 16.1. The van der Waals surface area contributed by atoms with E-state index in [1.807, 2.05) is 0 Å². The normalized spacial score (nSPS) is 26.5. The molecule has 1 fully saturated rings. The Labute approximate surface area is 99.2 Å². The third kappa shape index (κ3) is 3.78. The van der Waals surface area contributed by atoms with Crippen LogP contribution in [0.2, 0.25) is 0 Å². The molecule has 0 aromatic carbocycles. The van der Waals surface area contributed by atoms with Crippen molar-refractivity contribution >= 4 is 5.91 Å². The van der Waals surface area contributed by atoms with Gasteiger partial charge in [-0.3, -0.25) is 4.79 Å². The van der Waals surface area contributed by atoms with Gasteiger partial charge in [-0.2, -0.15) is 0 Å². The minimum Gasteiger partial charge on any atom is -0.355 e. The lowest BCUT2D eigenvalue weighted by Gasteiger charge is -2.36. The summed E-state index contributed by atoms with van der Waals surface area (Å²) in [5.74, 6) is 1.20. The fraction of sp³-hybridized carbons (Fsp3) is 0.923. The maximum Gasteiger partial charge on any atom is 0.223 e. The first kappa shape index (κ1) is 13.5. The van der Waals surface area contributed by atoms with Crippen LogP contribution in [0.25, 0.3) is 0 Å². The Bertz CT molecular complexity index is 225. The monoisotopic (exact) mass is 226 g/mol. The molecular formula is C13H26N2O. The maximum absolute atomic E-state index is 11.7. The van der Waals surface area contributed by atoms with E-state index < -0.39 is 0 Å². The highest BCUT2D eigenvalue weighted by Gasteiger charge is 2.31. The van der Waals surface area contributed by atoms with Crippen molar-refractivity contribution in [3.63, 3.8) is 0 Å². The van der Waals surface area contributed by atoms with E-state index >= 15 is 0 Å². The molecule has 1 aliphatic carbocycles. The second-order valence-electron chi connectivity index (χ2n) is 5.99. The molecule has 94 valence electrons. The van der Waals surface area contributed by atoms with E-state index in [9.17, 15) is 4.79 Å². The van der Waals surface area contributed by atoms with Crippen molar-refractivity contribution < 1.29 is 4.79 Å². The Balaban J connectivity index is 2.34. The third-order valence-electron chi connectivity index (χ3n) is 3.77. The highest BCUT2D eigenvalue weighted by Crippen LogP contribution is 2.39. The van der Waals surface area contributed by atoms with E-state index in [0.29, 0.717) is 18.5 Å². The number of hydrogen-bond donors (Lipinski definition) is 2. The van der Waals surface area contributed by atoms with Crippen LogP contribution in [-0.2, 0) is 4.79 Å². The largest absolute Gasteiger partial charge is 0.355 e. The molecule has 1 amide bonds. The number of nitrogens with one attached hydrogen (secondary N) is 1. The molecule has 0 atom stereocenters. The molecular weight excluding hydrogens is 200 g/mol. The molecule has 0 aliphatic heterocycles. The molecule has 0 spiro atoms. The fourth-order valence-corrected chi connectivity index (χ4v) is 2.56. The van der Waals surface area contributed by atoms with Gasteiger partial charge in [0.1, 0.15) is 0 Å². The van der Waals surface area contributed by atoms with Gasteiger partial charge in [-0.15, -0.1) is 0 Å². The lowest BCUT2D eigenvalue weighted by Crippen LogP contribution is -2.37. The number of carbonyl (C=O) groups is 1. The lowest BCUT2D eigenvalue weighted by molar-refractivity contribution is -0.126. The predicted molar refractivity (Wildman–Crippen MR) is 67.0 cm³/mol. The molecule has 1 rings (SSSR count). The number of nitrogens with two attached hydrogens (primary N) is 1. The molecule has 0 saturated heterocycles. The molecule has 0 aromatic heterocycles. The fourth-order valence-electron chi connectivity index (χ4n) is 2.56. The van der Waals surface area contributed by atoms with Crippen LogP contribution < -0.4 is 11.1 Å². The second kappa shape index (κ2) is 5.67. The summed E-state index contributed by atoms with van der Waals surface area (Å²) in [7, 11) is 0. The van der Waals surface area contributed by atoms with Crippen LogP contribution >= 0.6 is 0 Å². The molecule has 1 aliphatic rings. The van der Waals surface area contributed by atoms with Crippen LogP contribution in [0.1, 0.15) is 46.5 Å². The standard InChI is InChI=1S/C13H26N2O/c1-13(2,3)11-6-4-10(5-7-11)12(16)15-9-8-14/h10-11H,4-9,14H2,1-3H3,(H,15,16). The van der Waals surface area contributed by atoms with Gasteiger partial charge >= 0.3 is 0 Å². The third-order valence-corrected chi connectivity index (χ3v) is 3.77. The summed E-state index contributed by atoms with van der Waals surface area (Å²) in [5, 5.41) is 2.89. The molecule has 0 unspecified atom stereocenters. The van der Waals surface area contributed by atoms with Crippen molar-refractivity contribution in [3.8, 4) is 0 Å². The molecule has 16 heavy (non-hydrogen) atoms. The summed E-state index contributed by atoms with van der Waals surface area (Å²) < 4.78 is 0. The zero-order valence-electron chi connectivity index (χ0n) is 10.9. The Morgan fingerprint density at radius 1 is 1.25 bits per heavy atom. The topological polar surface area (TPSA) is 55.1 Å². The van der Waals surface area contributed by atoms with Crippen LogP contribution in [0.5, 0.6) is 0 Å². The Morgan fingerprint density at radius 2 is 1.81 bits per heavy atom. The minimum absolute atomic E-state index is 0.206. The van der Waals surface area contributed by atoms with Gasteiger partial charge in [0.2, 0.25) is 5.91 Å². The molecule has 1 saturated carbocycles. The molecule has 0 aromatic rings. The summed E-state index contributed by atoms with van der Waals surface area (Å²) in [6.07, 6.45) is 4.45. The van der Waals surface area contributed by atoms with Crippen molar-refractivity contribution in [2.45, 2.75) is 46.5 Å². The van der Waals surface area contributed by atoms with Gasteiger partial charge in [0.25, 0.3) is 0 Å². The van der Waals surface area contributed by atoms with Crippen molar-refractivity contribution in [2.75, 3.05) is 13.1 Å². The molecule has 0 radical (unpaired) electrons. The Morgan fingerprint density at radius 3 is 2.25 bits per heavy atom. The Kier molecular flexibility index (Phi) is 4.78. The first-order chi connectivity index (χ1) is 7.45. The van der Waals surface area contributed by atoms with Crippen molar-refractivity contribution in [3.05, 3.63) is 0 Å². The van der Waals surface area contributed by atoms with E-state index in [1.165, 1.54) is 12.8 Å². The van der Waals surface area contributed by atoms with Gasteiger partial charge in [-0.1, -0.05) is 20.8 Å². The zero-order valence-corrected chi connectivity index (χ0v) is 10.9. The van der Waals surface area contributed by atoms with Crippen molar-refractivity contribution in [1.29, 1.82) is 0 Å². The average Bonchev–Trinajstić information content (AvgIpc) is 2.25. The van der Waals surface area contributed by atoms with E-state index in [1.54, 1.807) is 0 Å². The van der Waals surface area contributed by atoms with Crippen LogP contribution in [0, 0.1) is 17.3 Å². The van der Waals surface area contributed by atoms with Gasteiger partial charge in [-0.05, 0) is 37.0 Å². The van der Waals surface area contributed by atoms with Gasteiger partial charge in [0, 0.05) is 19.0 Å². The summed E-state index contributed by atoms with van der Waals surface area (Å²) >= 11 is 0. The quantitative estimate of drug-likeness (QED) is 0.772. The molecule has 3 heteroatoms. The lowest BCUT2D eigenvalue weighted by atomic mass is 9.70. The summed E-state index contributed by atoms with van der Waals surface area (Å²) in [4.78, 5) is 11.7. The van der Waals surface area contributed by atoms with E-state index in [0.717, 1.165) is 18.8 Å². The zero-order chi connectivity index (χ0) is 12.2. The van der Waals surface area contributed by atoms with E-state index in [2.05, 4.69) is 26.1 Å². The average molecular weight is 226 g/mol. The molecule has 3 nitrogen and oxygen atoms in total. The van der Waals surface area contributed by atoms with Gasteiger partial charge in [0.15, 0.2) is 0 Å². The van der Waals surface area contributed by atoms with E-state index in [-0.39, 0.29) is 11.8 Å². The van der Waals surface area contributed by atoms with Gasteiger partial charge < -0.3 is 11.1 Å². The highest BCUT2D eigenvalue weighted by molar-refractivity contribution is 5.78. The maximum atomic E-state index is 11.7. The van der Waals surface area contributed by atoms with Gasteiger partial charge in [0.05, 0.1) is 0 Å². The number of amides is 1. The van der Waals surface area contributed by atoms with Crippen LogP contribution in [0.3, 0.4) is 0 Å². The summed E-state index contributed by atoms with van der Waals surface area (Å²) in [6.45, 7) is 8.03. The minimum atomic E-state index is 0.206. The van der Waals surface area contributed by atoms with Crippen LogP contribution in [0.15, 0.2) is 0 Å². The number of carbonyl (C=O) groups excluding carboxylic acids is 1. The first-order valence-electron chi connectivity index (χ1n) is 6.43. The number of rotatable bonds is 3. The van der Waals surface area contributed by atoms with Crippen molar-refractivity contribution in [2.24, 2.45) is 23.0 Å². The van der Waals surface area contributed by atoms with Crippen LogP contribution in [-0.4, -0.2) is 19.0 Å². The SMILES string of the molecule is CC(C)(C)C1CCC(C(=O)NCCN)CC1. The predicted octanol–water partition coefficient (Wildman–Crippen LogP) is 1.91. The van der Waals surface area contributed by atoms with Crippen molar-refractivity contribution in [1.82, 2.24) is 5.32 Å². The molecule has 3 N–H and O–H groups in total. The summed E-state index contributed by atoms with van der Waals surface area (Å²) in [6, 6.07) is 0.